The van der Waals surface area contributed by atoms with Gasteiger partial charge in [0.05, 0.1) is 33.5 Å². The third-order valence-electron chi connectivity index (χ3n) is 9.75. The van der Waals surface area contributed by atoms with Gasteiger partial charge in [0.2, 0.25) is 0 Å². The van der Waals surface area contributed by atoms with Crippen LogP contribution < -0.4 is 0 Å². The quantitative estimate of drug-likeness (QED) is 0.195. The Morgan fingerprint density at radius 1 is 0.408 bits per heavy atom. The molecule has 0 aliphatic carbocycles. The molecule has 2 aromatic heterocycles. The maximum atomic E-state index is 5.40. The zero-order chi connectivity index (χ0) is 32.3. The molecule has 0 atom stereocenters. The molecular weight excluding hydrogens is 595 g/mol. The van der Waals surface area contributed by atoms with Crippen LogP contribution in [0.3, 0.4) is 0 Å². The number of rotatable bonds is 4. The van der Waals surface area contributed by atoms with Crippen molar-refractivity contribution in [2.45, 2.75) is 0 Å². The van der Waals surface area contributed by atoms with Gasteiger partial charge in [-0.05, 0) is 46.0 Å². The molecule has 49 heavy (non-hydrogen) atoms. The van der Waals surface area contributed by atoms with Crippen LogP contribution in [0.15, 0.2) is 176 Å². The predicted octanol–water partition coefficient (Wildman–Crippen LogP) is 12.0. The number of aromatic nitrogens is 3. The molecule has 0 aliphatic heterocycles. The smallest absolute Gasteiger partial charge is 0.0973 e. The molecule has 0 spiro atoms. The van der Waals surface area contributed by atoms with E-state index in [1.165, 1.54) is 43.4 Å². The van der Waals surface area contributed by atoms with E-state index in [0.29, 0.717) is 0 Å². The lowest BCUT2D eigenvalue weighted by Gasteiger charge is -2.14. The fraction of sp³-hybridized carbons (Fsp3) is 0. The van der Waals surface area contributed by atoms with E-state index in [2.05, 4.69) is 168 Å². The van der Waals surface area contributed by atoms with Gasteiger partial charge in [-0.1, -0.05) is 152 Å². The van der Waals surface area contributed by atoms with Crippen molar-refractivity contribution in [3.8, 4) is 39.3 Å². The Kier molecular flexibility index (Phi) is 6.18. The second kappa shape index (κ2) is 11.0. The molecule has 10 aromatic rings. The maximum Gasteiger partial charge on any atom is 0.0973 e. The minimum atomic E-state index is 0.871. The maximum absolute atomic E-state index is 5.40. The summed E-state index contributed by atoms with van der Waals surface area (Å²) >= 11 is 0. The SMILES string of the molecule is c1ccc(-c2nc3cccc(-c4cccc(-n5c6ccc7ccccc7c6c6ccc7ccccc7c65)c4)c3nc2-c2ccccc2)cc1. The van der Waals surface area contributed by atoms with Gasteiger partial charge in [0.15, 0.2) is 0 Å². The lowest BCUT2D eigenvalue weighted by molar-refractivity contribution is 1.19. The van der Waals surface area contributed by atoms with Gasteiger partial charge in [-0.3, -0.25) is 0 Å². The number of hydrogen-bond donors (Lipinski definition) is 0. The summed E-state index contributed by atoms with van der Waals surface area (Å²) in [5.74, 6) is 0. The van der Waals surface area contributed by atoms with E-state index in [-0.39, 0.29) is 0 Å². The van der Waals surface area contributed by atoms with Crippen LogP contribution in [-0.4, -0.2) is 14.5 Å². The molecule has 0 aliphatic rings. The molecule has 0 amide bonds. The van der Waals surface area contributed by atoms with Crippen LogP contribution >= 0.6 is 0 Å². The van der Waals surface area contributed by atoms with Gasteiger partial charge in [0.1, 0.15) is 0 Å². The number of nitrogens with zero attached hydrogens (tertiary/aromatic N) is 3. The monoisotopic (exact) mass is 623 g/mol. The first-order valence-electron chi connectivity index (χ1n) is 16.7. The normalized spacial score (nSPS) is 11.7. The van der Waals surface area contributed by atoms with E-state index in [1.807, 2.05) is 12.1 Å². The van der Waals surface area contributed by atoms with Gasteiger partial charge in [0.25, 0.3) is 0 Å². The van der Waals surface area contributed by atoms with Crippen LogP contribution in [0.5, 0.6) is 0 Å². The highest BCUT2D eigenvalue weighted by atomic mass is 15.0. The summed E-state index contributed by atoms with van der Waals surface area (Å²) in [5, 5.41) is 7.51. The zero-order valence-electron chi connectivity index (χ0n) is 26.6. The van der Waals surface area contributed by atoms with Crippen molar-refractivity contribution >= 4 is 54.4 Å². The van der Waals surface area contributed by atoms with Gasteiger partial charge >= 0.3 is 0 Å². The first-order chi connectivity index (χ1) is 24.3. The Hall–Kier alpha value is -6.58. The predicted molar refractivity (Wildman–Crippen MR) is 205 cm³/mol. The van der Waals surface area contributed by atoms with E-state index in [9.17, 15) is 0 Å². The molecule has 3 nitrogen and oxygen atoms in total. The lowest BCUT2D eigenvalue weighted by atomic mass is 10.00. The largest absolute Gasteiger partial charge is 0.309 e. The fourth-order valence-electron chi connectivity index (χ4n) is 7.53. The highest BCUT2D eigenvalue weighted by Crippen LogP contribution is 2.41. The first kappa shape index (κ1) is 27.5. The van der Waals surface area contributed by atoms with Gasteiger partial charge in [-0.25, -0.2) is 9.97 Å². The highest BCUT2D eigenvalue weighted by Gasteiger charge is 2.19. The van der Waals surface area contributed by atoms with Crippen LogP contribution in [-0.2, 0) is 0 Å². The van der Waals surface area contributed by atoms with E-state index in [0.717, 1.165) is 50.4 Å². The Morgan fingerprint density at radius 2 is 1.02 bits per heavy atom. The van der Waals surface area contributed by atoms with E-state index in [4.69, 9.17) is 9.97 Å². The van der Waals surface area contributed by atoms with Gasteiger partial charge in [-0.2, -0.15) is 0 Å². The molecule has 228 valence electrons. The minimum absolute atomic E-state index is 0.871. The summed E-state index contributed by atoms with van der Waals surface area (Å²) in [6.07, 6.45) is 0. The van der Waals surface area contributed by atoms with Crippen LogP contribution in [0, 0.1) is 0 Å². The molecule has 8 aromatic carbocycles. The zero-order valence-corrected chi connectivity index (χ0v) is 26.6. The Morgan fingerprint density at radius 3 is 1.80 bits per heavy atom. The van der Waals surface area contributed by atoms with E-state index >= 15 is 0 Å². The Labute approximate surface area is 283 Å². The van der Waals surface area contributed by atoms with Crippen molar-refractivity contribution in [3.63, 3.8) is 0 Å². The molecule has 10 rings (SSSR count). The van der Waals surface area contributed by atoms with Gasteiger partial charge < -0.3 is 4.57 Å². The van der Waals surface area contributed by atoms with Crippen molar-refractivity contribution in [2.75, 3.05) is 0 Å². The topological polar surface area (TPSA) is 30.7 Å². The van der Waals surface area contributed by atoms with Crippen molar-refractivity contribution in [2.24, 2.45) is 0 Å². The number of hydrogen-bond acceptors (Lipinski definition) is 2. The molecule has 0 saturated carbocycles. The van der Waals surface area contributed by atoms with Crippen LogP contribution in [0.1, 0.15) is 0 Å². The van der Waals surface area contributed by atoms with E-state index in [1.54, 1.807) is 0 Å². The van der Waals surface area contributed by atoms with E-state index < -0.39 is 0 Å². The summed E-state index contributed by atoms with van der Waals surface area (Å²) < 4.78 is 2.45. The lowest BCUT2D eigenvalue weighted by Crippen LogP contribution is -1.98. The third kappa shape index (κ3) is 4.37. The molecular formula is C46H29N3. The van der Waals surface area contributed by atoms with Crippen molar-refractivity contribution in [1.82, 2.24) is 14.5 Å². The minimum Gasteiger partial charge on any atom is -0.309 e. The standard InChI is InChI=1S/C46H29N3/c1-3-15-32(16-4-1)43-44(33-17-5-2-6-18-33)48-45-37(23-12-24-40(45)47-43)34-19-11-20-35(29-34)49-41-28-26-30-13-7-9-21-36(30)42(41)39-27-25-31-14-8-10-22-38(31)46(39)49/h1-29H. The molecule has 0 radical (unpaired) electrons. The highest BCUT2D eigenvalue weighted by molar-refractivity contribution is 6.26. The molecule has 0 saturated heterocycles. The molecule has 3 heteroatoms. The Bertz CT molecular complexity index is 2870. The summed E-state index contributed by atoms with van der Waals surface area (Å²) in [6, 6.07) is 62.4. The summed E-state index contributed by atoms with van der Waals surface area (Å²) in [7, 11) is 0. The average molecular weight is 624 g/mol. The van der Waals surface area contributed by atoms with Gasteiger partial charge in [0, 0.05) is 38.5 Å². The number of benzene rings is 8. The van der Waals surface area contributed by atoms with Crippen molar-refractivity contribution in [1.29, 1.82) is 0 Å². The van der Waals surface area contributed by atoms with Crippen LogP contribution in [0.2, 0.25) is 0 Å². The molecule has 2 heterocycles. The summed E-state index contributed by atoms with van der Waals surface area (Å²) in [6.45, 7) is 0. The molecule has 0 fully saturated rings. The second-order valence-corrected chi connectivity index (χ2v) is 12.6. The van der Waals surface area contributed by atoms with Crippen molar-refractivity contribution < 1.29 is 0 Å². The summed E-state index contributed by atoms with van der Waals surface area (Å²) in [4.78, 5) is 10.7. The van der Waals surface area contributed by atoms with Crippen molar-refractivity contribution in [3.05, 3.63) is 176 Å². The van der Waals surface area contributed by atoms with Crippen LogP contribution in [0.4, 0.5) is 0 Å². The molecule has 0 N–H and O–H groups in total. The molecule has 0 bridgehead atoms. The number of para-hydroxylation sites is 1. The third-order valence-corrected chi connectivity index (χ3v) is 9.75. The second-order valence-electron chi connectivity index (χ2n) is 12.6. The molecule has 0 unspecified atom stereocenters. The van der Waals surface area contributed by atoms with Gasteiger partial charge in [-0.15, -0.1) is 0 Å². The van der Waals surface area contributed by atoms with Crippen LogP contribution in [0.25, 0.3) is 93.7 Å². The fourth-order valence-corrected chi connectivity index (χ4v) is 7.53. The summed E-state index contributed by atoms with van der Waals surface area (Å²) in [5.41, 5.74) is 11.3. The first-order valence-corrected chi connectivity index (χ1v) is 16.7. The average Bonchev–Trinajstić information content (AvgIpc) is 3.53. The number of fused-ring (bicyclic) bond motifs is 8. The Balaban J connectivity index is 1.24.